The fraction of sp³-hybridized carbons (Fsp3) is 0.353. The number of hydrogen-bond donors (Lipinski definition) is 0. The van der Waals surface area contributed by atoms with E-state index in [1.165, 1.54) is 0 Å². The summed E-state index contributed by atoms with van der Waals surface area (Å²) < 4.78 is 11.7. The molecule has 0 spiro atoms. The highest BCUT2D eigenvalue weighted by atomic mass is 16.6. The molecule has 0 atom stereocenters. The molecule has 6 nitrogen and oxygen atoms in total. The van der Waals surface area contributed by atoms with Crippen LogP contribution in [0, 0.1) is 6.92 Å². The second kappa shape index (κ2) is 7.58. The van der Waals surface area contributed by atoms with Crippen molar-refractivity contribution in [1.82, 2.24) is 9.78 Å². The maximum atomic E-state index is 12.3. The van der Waals surface area contributed by atoms with Crippen LogP contribution >= 0.6 is 0 Å². The lowest BCUT2D eigenvalue weighted by atomic mass is 9.96. The summed E-state index contributed by atoms with van der Waals surface area (Å²) in [6.07, 6.45) is 3.39. The number of aryl methyl sites for hydroxylation is 1. The van der Waals surface area contributed by atoms with Crippen molar-refractivity contribution in [3.8, 4) is 5.69 Å². The maximum absolute atomic E-state index is 12.3. The van der Waals surface area contributed by atoms with E-state index in [0.29, 0.717) is 11.3 Å². The Morgan fingerprint density at radius 3 is 2.35 bits per heavy atom. The predicted octanol–water partition coefficient (Wildman–Crippen LogP) is 2.39. The Bertz CT molecular complexity index is 662. The summed E-state index contributed by atoms with van der Waals surface area (Å²) >= 11 is 0. The SMILES string of the molecule is CCOC(=O)C(C(=O)OCC)c1ccc(C)cc1-n1cccn1. The molecule has 2 rings (SSSR count). The summed E-state index contributed by atoms with van der Waals surface area (Å²) in [5, 5.41) is 4.19. The highest BCUT2D eigenvalue weighted by Gasteiger charge is 2.33. The summed E-state index contributed by atoms with van der Waals surface area (Å²) in [6, 6.07) is 7.22. The van der Waals surface area contributed by atoms with Gasteiger partial charge < -0.3 is 9.47 Å². The number of ether oxygens (including phenoxy) is 2. The molecule has 0 fully saturated rings. The Balaban J connectivity index is 2.54. The molecule has 6 heteroatoms. The number of hydrogen-bond acceptors (Lipinski definition) is 5. The van der Waals surface area contributed by atoms with Crippen molar-refractivity contribution in [1.29, 1.82) is 0 Å². The molecule has 0 bridgehead atoms. The second-order valence-electron chi connectivity index (χ2n) is 4.95. The lowest BCUT2D eigenvalue weighted by Gasteiger charge is -2.18. The third-order valence-corrected chi connectivity index (χ3v) is 3.29. The van der Waals surface area contributed by atoms with E-state index in [4.69, 9.17) is 9.47 Å². The monoisotopic (exact) mass is 316 g/mol. The van der Waals surface area contributed by atoms with Crippen molar-refractivity contribution < 1.29 is 19.1 Å². The molecule has 0 aliphatic carbocycles. The first kappa shape index (κ1) is 16.7. The summed E-state index contributed by atoms with van der Waals surface area (Å²) in [7, 11) is 0. The van der Waals surface area contributed by atoms with E-state index in [1.54, 1.807) is 43.1 Å². The molecule has 1 heterocycles. The average molecular weight is 316 g/mol. The van der Waals surface area contributed by atoms with Crippen LogP contribution in [0.2, 0.25) is 0 Å². The Kier molecular flexibility index (Phi) is 5.51. The zero-order valence-corrected chi connectivity index (χ0v) is 13.5. The fourth-order valence-electron chi connectivity index (χ4n) is 2.31. The van der Waals surface area contributed by atoms with Gasteiger partial charge in [-0.25, -0.2) is 4.68 Å². The highest BCUT2D eigenvalue weighted by molar-refractivity contribution is 6.01. The van der Waals surface area contributed by atoms with Crippen LogP contribution in [-0.2, 0) is 19.1 Å². The van der Waals surface area contributed by atoms with Gasteiger partial charge in [0.05, 0.1) is 18.9 Å². The van der Waals surface area contributed by atoms with Gasteiger partial charge in [0.25, 0.3) is 0 Å². The molecule has 2 aromatic rings. The topological polar surface area (TPSA) is 70.4 Å². The molecule has 23 heavy (non-hydrogen) atoms. The van der Waals surface area contributed by atoms with Crippen LogP contribution < -0.4 is 0 Å². The molecule has 0 aliphatic heterocycles. The Hall–Kier alpha value is -2.63. The number of carbonyl (C=O) groups excluding carboxylic acids is 2. The van der Waals surface area contributed by atoms with E-state index >= 15 is 0 Å². The Morgan fingerprint density at radius 1 is 1.17 bits per heavy atom. The van der Waals surface area contributed by atoms with Gasteiger partial charge in [0.2, 0.25) is 0 Å². The first-order chi connectivity index (χ1) is 11.1. The minimum atomic E-state index is -1.13. The molecule has 0 saturated heterocycles. The minimum Gasteiger partial charge on any atom is -0.465 e. The molecule has 0 radical (unpaired) electrons. The van der Waals surface area contributed by atoms with Crippen molar-refractivity contribution in [2.24, 2.45) is 0 Å². The lowest BCUT2D eigenvalue weighted by molar-refractivity contribution is -0.156. The molecular formula is C17H20N2O4. The normalized spacial score (nSPS) is 10.6. The number of nitrogens with zero attached hydrogens (tertiary/aromatic N) is 2. The zero-order valence-electron chi connectivity index (χ0n) is 13.5. The van der Waals surface area contributed by atoms with Crippen LogP contribution in [0.15, 0.2) is 36.7 Å². The van der Waals surface area contributed by atoms with E-state index < -0.39 is 17.9 Å². The second-order valence-corrected chi connectivity index (χ2v) is 4.95. The van der Waals surface area contributed by atoms with Crippen molar-refractivity contribution in [2.45, 2.75) is 26.7 Å². The smallest absolute Gasteiger partial charge is 0.324 e. The molecule has 0 aliphatic rings. The van der Waals surface area contributed by atoms with Crippen LogP contribution in [-0.4, -0.2) is 34.9 Å². The van der Waals surface area contributed by atoms with Crippen LogP contribution in [0.1, 0.15) is 30.9 Å². The van der Waals surface area contributed by atoms with E-state index in [-0.39, 0.29) is 13.2 Å². The summed E-state index contributed by atoms with van der Waals surface area (Å²) in [5.74, 6) is -2.37. The van der Waals surface area contributed by atoms with Crippen molar-refractivity contribution >= 4 is 11.9 Å². The standard InChI is InChI=1S/C17H20N2O4/c1-4-22-16(20)15(17(21)23-5-2)13-8-7-12(3)11-14(13)19-10-6-9-18-19/h6-11,15H,4-5H2,1-3H3. The third kappa shape index (κ3) is 3.77. The van der Waals surface area contributed by atoms with E-state index in [9.17, 15) is 9.59 Å². The van der Waals surface area contributed by atoms with Crippen molar-refractivity contribution in [3.63, 3.8) is 0 Å². The molecule has 0 amide bonds. The third-order valence-electron chi connectivity index (χ3n) is 3.29. The molecule has 1 aromatic carbocycles. The van der Waals surface area contributed by atoms with Gasteiger partial charge >= 0.3 is 11.9 Å². The van der Waals surface area contributed by atoms with E-state index in [2.05, 4.69) is 5.10 Å². The first-order valence-corrected chi connectivity index (χ1v) is 7.52. The Labute approximate surface area is 135 Å². The average Bonchev–Trinajstić information content (AvgIpc) is 3.03. The van der Waals surface area contributed by atoms with Crippen molar-refractivity contribution in [2.75, 3.05) is 13.2 Å². The van der Waals surface area contributed by atoms with Crippen LogP contribution in [0.3, 0.4) is 0 Å². The number of rotatable bonds is 6. The molecule has 1 aromatic heterocycles. The maximum Gasteiger partial charge on any atom is 0.324 e. The van der Waals surface area contributed by atoms with Gasteiger partial charge in [-0.1, -0.05) is 12.1 Å². The van der Waals surface area contributed by atoms with E-state index in [1.807, 2.05) is 19.1 Å². The Morgan fingerprint density at radius 2 is 1.83 bits per heavy atom. The summed E-state index contributed by atoms with van der Waals surface area (Å²) in [6.45, 7) is 5.71. The summed E-state index contributed by atoms with van der Waals surface area (Å²) in [5.41, 5.74) is 2.16. The minimum absolute atomic E-state index is 0.192. The predicted molar refractivity (Wildman–Crippen MR) is 84.3 cm³/mol. The van der Waals surface area contributed by atoms with Gasteiger partial charge in [-0.15, -0.1) is 0 Å². The van der Waals surface area contributed by atoms with Gasteiger partial charge in [0, 0.05) is 18.0 Å². The number of esters is 2. The molecule has 0 saturated carbocycles. The molecule has 122 valence electrons. The quantitative estimate of drug-likeness (QED) is 0.604. The largest absolute Gasteiger partial charge is 0.465 e. The van der Waals surface area contributed by atoms with E-state index in [0.717, 1.165) is 5.56 Å². The van der Waals surface area contributed by atoms with Crippen LogP contribution in [0.25, 0.3) is 5.69 Å². The zero-order chi connectivity index (χ0) is 16.8. The van der Waals surface area contributed by atoms with Gasteiger partial charge in [0.1, 0.15) is 0 Å². The van der Waals surface area contributed by atoms with Crippen LogP contribution in [0.5, 0.6) is 0 Å². The number of carbonyl (C=O) groups is 2. The molecule has 0 unspecified atom stereocenters. The molecular weight excluding hydrogens is 296 g/mol. The van der Waals surface area contributed by atoms with Gasteiger partial charge in [-0.05, 0) is 38.5 Å². The van der Waals surface area contributed by atoms with Crippen molar-refractivity contribution in [3.05, 3.63) is 47.8 Å². The highest BCUT2D eigenvalue weighted by Crippen LogP contribution is 2.27. The van der Waals surface area contributed by atoms with Gasteiger partial charge in [0.15, 0.2) is 5.92 Å². The lowest BCUT2D eigenvalue weighted by Crippen LogP contribution is -2.27. The fourth-order valence-corrected chi connectivity index (χ4v) is 2.31. The van der Waals surface area contributed by atoms with Gasteiger partial charge in [-0.2, -0.15) is 5.10 Å². The van der Waals surface area contributed by atoms with Crippen LogP contribution in [0.4, 0.5) is 0 Å². The number of benzene rings is 1. The molecule has 0 N–H and O–H groups in total. The number of aromatic nitrogens is 2. The summed E-state index contributed by atoms with van der Waals surface area (Å²) in [4.78, 5) is 24.6. The van der Waals surface area contributed by atoms with Gasteiger partial charge in [-0.3, -0.25) is 9.59 Å². The first-order valence-electron chi connectivity index (χ1n) is 7.52.